The maximum Gasteiger partial charge on any atom is 0.0598 e. The van der Waals surface area contributed by atoms with Crippen LogP contribution in [0.15, 0.2) is 28.0 Å². The molecule has 0 aliphatic heterocycles. The molecule has 0 aromatic heterocycles. The van der Waals surface area contributed by atoms with Crippen LogP contribution in [0.3, 0.4) is 0 Å². The van der Waals surface area contributed by atoms with Crippen molar-refractivity contribution in [2.24, 2.45) is 28.5 Å². The van der Waals surface area contributed by atoms with Gasteiger partial charge in [-0.1, -0.05) is 33.3 Å². The van der Waals surface area contributed by atoms with Crippen molar-refractivity contribution in [1.29, 1.82) is 5.41 Å². The molecule has 0 spiro atoms. The van der Waals surface area contributed by atoms with Crippen LogP contribution >= 0.6 is 0 Å². The quantitative estimate of drug-likeness (QED) is 0.415. The minimum Gasteiger partial charge on any atom is -0.402 e. The molecular weight excluding hydrogens is 248 g/mol. The molecule has 0 atom stereocenters. The first-order valence-corrected chi connectivity index (χ1v) is 6.98. The Morgan fingerprint density at radius 1 is 1.00 bits per heavy atom. The average Bonchev–Trinajstić information content (AvgIpc) is 2.35. The highest BCUT2D eigenvalue weighted by molar-refractivity contribution is 5.98. The van der Waals surface area contributed by atoms with Gasteiger partial charge in [0.2, 0.25) is 0 Å². The second-order valence-corrected chi connectivity index (χ2v) is 5.68. The van der Waals surface area contributed by atoms with Crippen LogP contribution < -0.4 is 11.6 Å². The zero-order valence-corrected chi connectivity index (χ0v) is 14.3. The van der Waals surface area contributed by atoms with E-state index in [2.05, 4.69) is 32.8 Å². The number of hydrogen-bond acceptors (Lipinski definition) is 4. The molecule has 0 saturated carbocycles. The van der Waals surface area contributed by atoms with Gasteiger partial charge in [0.25, 0.3) is 0 Å². The van der Waals surface area contributed by atoms with Crippen molar-refractivity contribution in [3.05, 3.63) is 22.9 Å². The zero-order chi connectivity index (χ0) is 16.5. The maximum atomic E-state index is 7.32. The predicted octanol–water partition coefficient (Wildman–Crippen LogP) is 3.84. The number of nitrogens with two attached hydrogens (primary N) is 2. The van der Waals surface area contributed by atoms with Crippen molar-refractivity contribution in [3.8, 4) is 0 Å². The molecule has 0 aliphatic carbocycles. The number of hydrazone groups is 1. The molecule has 0 bridgehead atoms. The molecule has 0 amide bonds. The Kier molecular flexibility index (Phi) is 10.6. The molecule has 4 heteroatoms. The van der Waals surface area contributed by atoms with Crippen molar-refractivity contribution in [3.63, 3.8) is 0 Å². The Labute approximate surface area is 124 Å². The highest BCUT2D eigenvalue weighted by Crippen LogP contribution is 2.14. The summed E-state index contributed by atoms with van der Waals surface area (Å²) in [5.41, 5.74) is 10.1. The topological polar surface area (TPSA) is 88.2 Å². The number of nitrogens with one attached hydrogen (secondary N) is 1. The average molecular weight is 280 g/mol. The van der Waals surface area contributed by atoms with Crippen molar-refractivity contribution < 1.29 is 0 Å². The fourth-order valence-corrected chi connectivity index (χ4v) is 1.23. The van der Waals surface area contributed by atoms with Gasteiger partial charge >= 0.3 is 0 Å². The molecule has 20 heavy (non-hydrogen) atoms. The smallest absolute Gasteiger partial charge is 0.0598 e. The molecule has 0 rings (SSSR count). The van der Waals surface area contributed by atoms with Gasteiger partial charge in [-0.2, -0.15) is 5.10 Å². The van der Waals surface area contributed by atoms with Gasteiger partial charge in [-0.05, 0) is 51.2 Å². The molecule has 0 aliphatic rings. The Bertz CT molecular complexity index is 395. The summed E-state index contributed by atoms with van der Waals surface area (Å²) < 4.78 is 0. The van der Waals surface area contributed by atoms with E-state index in [4.69, 9.17) is 17.0 Å². The minimum absolute atomic E-state index is 0.281. The van der Waals surface area contributed by atoms with Crippen LogP contribution in [0.25, 0.3) is 0 Å². The summed E-state index contributed by atoms with van der Waals surface area (Å²) in [7, 11) is 0. The van der Waals surface area contributed by atoms with E-state index in [1.165, 1.54) is 11.1 Å². The van der Waals surface area contributed by atoms with E-state index in [0.717, 1.165) is 5.71 Å². The van der Waals surface area contributed by atoms with Crippen LogP contribution in [0, 0.1) is 17.2 Å². The first kappa shape index (κ1) is 20.7. The number of nitrogens with zero attached hydrogens (tertiary/aromatic N) is 1. The molecule has 0 fully saturated rings. The Hall–Kier alpha value is -1.58. The number of hydrogen-bond donors (Lipinski definition) is 3. The molecule has 116 valence electrons. The van der Waals surface area contributed by atoms with E-state index in [0.29, 0.717) is 17.3 Å². The third kappa shape index (κ3) is 9.36. The lowest BCUT2D eigenvalue weighted by Crippen LogP contribution is -2.04. The lowest BCUT2D eigenvalue weighted by molar-refractivity contribution is 0.762. The van der Waals surface area contributed by atoms with Crippen LogP contribution in [0.1, 0.15) is 55.4 Å². The van der Waals surface area contributed by atoms with Crippen molar-refractivity contribution in [1.82, 2.24) is 0 Å². The summed E-state index contributed by atoms with van der Waals surface area (Å²) in [5.74, 6) is 6.02. The monoisotopic (exact) mass is 280 g/mol. The minimum atomic E-state index is 0.281. The molecule has 0 heterocycles. The second kappa shape index (κ2) is 10.2. The van der Waals surface area contributed by atoms with Crippen molar-refractivity contribution in [2.75, 3.05) is 0 Å². The highest BCUT2D eigenvalue weighted by Gasteiger charge is 2.03. The molecule has 0 aromatic rings. The molecule has 0 radical (unpaired) electrons. The van der Waals surface area contributed by atoms with E-state index in [-0.39, 0.29) is 5.92 Å². The lowest BCUT2D eigenvalue weighted by atomic mass is 9.98. The largest absolute Gasteiger partial charge is 0.402 e. The van der Waals surface area contributed by atoms with Gasteiger partial charge in [0.05, 0.1) is 5.71 Å². The van der Waals surface area contributed by atoms with E-state index >= 15 is 0 Å². The van der Waals surface area contributed by atoms with Gasteiger partial charge < -0.3 is 17.0 Å². The van der Waals surface area contributed by atoms with Crippen LogP contribution in [-0.2, 0) is 0 Å². The van der Waals surface area contributed by atoms with Gasteiger partial charge in [0, 0.05) is 11.4 Å². The van der Waals surface area contributed by atoms with Gasteiger partial charge in [-0.25, -0.2) is 0 Å². The van der Waals surface area contributed by atoms with E-state index in [9.17, 15) is 0 Å². The Morgan fingerprint density at radius 3 is 1.65 bits per heavy atom. The standard InChI is InChI=1S/C9H18N2.C7H14N2/c1-6(2)7(3)8(4)9(5)11-10;1-5(2)7(9)4-6(3)8/h6H,10H2,1-5H3;4-5,9H,8H2,1-3H3/b8-7+,11-9-;6-4-,9-7?. The van der Waals surface area contributed by atoms with Crippen molar-refractivity contribution in [2.45, 2.75) is 55.4 Å². The zero-order valence-electron chi connectivity index (χ0n) is 14.3. The predicted molar refractivity (Wildman–Crippen MR) is 91.0 cm³/mol. The van der Waals surface area contributed by atoms with Crippen LogP contribution in [-0.4, -0.2) is 11.4 Å². The molecular formula is C16H32N4. The molecule has 0 saturated heterocycles. The first-order valence-electron chi connectivity index (χ1n) is 6.98. The fourth-order valence-electron chi connectivity index (χ4n) is 1.23. The summed E-state index contributed by atoms with van der Waals surface area (Å²) >= 11 is 0. The molecule has 4 nitrogen and oxygen atoms in total. The summed E-state index contributed by atoms with van der Waals surface area (Å²) in [5, 5.41) is 11.0. The molecule has 5 N–H and O–H groups in total. The second-order valence-electron chi connectivity index (χ2n) is 5.68. The summed E-state index contributed by atoms with van der Waals surface area (Å²) in [6, 6.07) is 0. The summed E-state index contributed by atoms with van der Waals surface area (Å²) in [4.78, 5) is 0. The van der Waals surface area contributed by atoms with E-state index in [1.54, 1.807) is 13.0 Å². The van der Waals surface area contributed by atoms with Gasteiger partial charge in [-0.15, -0.1) is 0 Å². The SMILES string of the molecule is C/C(N)=C/C(=N)C(C)C.CC(=N/N)/C(C)=C(\C)C(C)C. The van der Waals surface area contributed by atoms with E-state index < -0.39 is 0 Å². The third-order valence-electron chi connectivity index (χ3n) is 3.20. The van der Waals surface area contributed by atoms with Gasteiger partial charge in [-0.3, -0.25) is 0 Å². The Morgan fingerprint density at radius 2 is 1.45 bits per heavy atom. The van der Waals surface area contributed by atoms with E-state index in [1.807, 2.05) is 20.8 Å². The fraction of sp³-hybridized carbons (Fsp3) is 0.625. The number of allylic oxidation sites excluding steroid dienone is 4. The van der Waals surface area contributed by atoms with Gasteiger partial charge in [0.1, 0.15) is 0 Å². The summed E-state index contributed by atoms with van der Waals surface area (Å²) in [6.45, 7) is 16.2. The van der Waals surface area contributed by atoms with Crippen LogP contribution in [0.2, 0.25) is 0 Å². The highest BCUT2D eigenvalue weighted by atomic mass is 15.1. The number of rotatable bonds is 4. The Balaban J connectivity index is 0. The summed E-state index contributed by atoms with van der Waals surface area (Å²) in [6.07, 6.45) is 1.69. The van der Waals surface area contributed by atoms with Crippen LogP contribution in [0.5, 0.6) is 0 Å². The first-order chi connectivity index (χ1) is 9.04. The van der Waals surface area contributed by atoms with Crippen molar-refractivity contribution >= 4 is 11.4 Å². The normalized spacial score (nSPS) is 13.9. The third-order valence-corrected chi connectivity index (χ3v) is 3.20. The molecule has 0 aromatic carbocycles. The van der Waals surface area contributed by atoms with Crippen LogP contribution in [0.4, 0.5) is 0 Å². The van der Waals surface area contributed by atoms with Gasteiger partial charge in [0.15, 0.2) is 0 Å². The molecule has 0 unspecified atom stereocenters. The lowest BCUT2D eigenvalue weighted by Gasteiger charge is -2.09. The maximum absolute atomic E-state index is 7.32.